The molecule has 1 fully saturated rings. The Bertz CT molecular complexity index is 758. The van der Waals surface area contributed by atoms with E-state index < -0.39 is 0 Å². The van der Waals surface area contributed by atoms with E-state index in [9.17, 15) is 4.79 Å². The Hall–Kier alpha value is -2.29. The van der Waals surface area contributed by atoms with Gasteiger partial charge in [0.2, 0.25) is 5.91 Å². The summed E-state index contributed by atoms with van der Waals surface area (Å²) in [4.78, 5) is 14.7. The van der Waals surface area contributed by atoms with Crippen LogP contribution in [0, 0.1) is 19.8 Å². The SMILES string of the molecule is COc1ccc(CC2CCN(C(=O)CCc3ccc(C)cc3C)CC2)cc1. The first-order chi connectivity index (χ1) is 13.0. The highest BCUT2D eigenvalue weighted by molar-refractivity contribution is 5.76. The van der Waals surface area contributed by atoms with Gasteiger partial charge < -0.3 is 9.64 Å². The molecule has 3 heteroatoms. The van der Waals surface area contributed by atoms with E-state index in [2.05, 4.69) is 49.1 Å². The molecule has 3 rings (SSSR count). The van der Waals surface area contributed by atoms with Crippen LogP contribution in [0.25, 0.3) is 0 Å². The number of nitrogens with zero attached hydrogens (tertiary/aromatic N) is 1. The second-order valence-corrected chi connectivity index (χ2v) is 7.81. The molecule has 0 atom stereocenters. The van der Waals surface area contributed by atoms with Gasteiger partial charge in [-0.2, -0.15) is 0 Å². The van der Waals surface area contributed by atoms with E-state index in [0.29, 0.717) is 18.2 Å². The minimum Gasteiger partial charge on any atom is -0.497 e. The van der Waals surface area contributed by atoms with Crippen molar-refractivity contribution in [2.45, 2.75) is 46.0 Å². The lowest BCUT2D eigenvalue weighted by atomic mass is 9.90. The maximum absolute atomic E-state index is 12.6. The maximum atomic E-state index is 12.6. The lowest BCUT2D eigenvalue weighted by molar-refractivity contribution is -0.132. The highest BCUT2D eigenvalue weighted by atomic mass is 16.5. The molecule has 0 radical (unpaired) electrons. The fourth-order valence-corrected chi connectivity index (χ4v) is 4.01. The zero-order chi connectivity index (χ0) is 19.2. The van der Waals surface area contributed by atoms with Gasteiger partial charge in [-0.25, -0.2) is 0 Å². The van der Waals surface area contributed by atoms with Crippen LogP contribution in [-0.2, 0) is 17.6 Å². The zero-order valence-electron chi connectivity index (χ0n) is 16.8. The fourth-order valence-electron chi connectivity index (χ4n) is 4.01. The Labute approximate surface area is 163 Å². The summed E-state index contributed by atoms with van der Waals surface area (Å²) < 4.78 is 5.22. The molecule has 0 aromatic heterocycles. The Kier molecular flexibility index (Phi) is 6.54. The molecule has 2 aromatic rings. The quantitative estimate of drug-likeness (QED) is 0.741. The highest BCUT2D eigenvalue weighted by Crippen LogP contribution is 2.23. The number of hydrogen-bond acceptors (Lipinski definition) is 2. The molecule has 144 valence electrons. The van der Waals surface area contributed by atoms with Crippen molar-refractivity contribution < 1.29 is 9.53 Å². The number of amides is 1. The smallest absolute Gasteiger partial charge is 0.222 e. The minimum absolute atomic E-state index is 0.304. The van der Waals surface area contributed by atoms with E-state index in [-0.39, 0.29) is 0 Å². The van der Waals surface area contributed by atoms with Crippen LogP contribution in [0.15, 0.2) is 42.5 Å². The van der Waals surface area contributed by atoms with Crippen LogP contribution >= 0.6 is 0 Å². The molecule has 0 N–H and O–H groups in total. The first-order valence-corrected chi connectivity index (χ1v) is 10.0. The van der Waals surface area contributed by atoms with Gasteiger partial charge in [-0.05, 0) is 74.3 Å². The van der Waals surface area contributed by atoms with E-state index in [1.165, 1.54) is 22.3 Å². The summed E-state index contributed by atoms with van der Waals surface area (Å²) in [5.74, 6) is 1.88. The molecule has 27 heavy (non-hydrogen) atoms. The predicted octanol–water partition coefficient (Wildman–Crippen LogP) is 4.73. The zero-order valence-corrected chi connectivity index (χ0v) is 16.8. The second-order valence-electron chi connectivity index (χ2n) is 7.81. The number of aryl methyl sites for hydroxylation is 3. The highest BCUT2D eigenvalue weighted by Gasteiger charge is 2.22. The van der Waals surface area contributed by atoms with Crippen LogP contribution < -0.4 is 4.74 Å². The number of ether oxygens (including phenoxy) is 1. The molecule has 0 aliphatic carbocycles. The molecular weight excluding hydrogens is 334 g/mol. The van der Waals surface area contributed by atoms with E-state index in [1.54, 1.807) is 7.11 Å². The third-order valence-electron chi connectivity index (χ3n) is 5.76. The summed E-state index contributed by atoms with van der Waals surface area (Å²) in [6.45, 7) is 6.04. The average molecular weight is 366 g/mol. The van der Waals surface area contributed by atoms with Gasteiger partial charge in [0.05, 0.1) is 7.11 Å². The topological polar surface area (TPSA) is 29.5 Å². The number of rotatable bonds is 6. The number of carbonyl (C=O) groups excluding carboxylic acids is 1. The third kappa shape index (κ3) is 5.35. The lowest BCUT2D eigenvalue weighted by Crippen LogP contribution is -2.39. The van der Waals surface area contributed by atoms with Crippen LogP contribution in [0.4, 0.5) is 0 Å². The summed E-state index contributed by atoms with van der Waals surface area (Å²) >= 11 is 0. The maximum Gasteiger partial charge on any atom is 0.222 e. The molecule has 0 spiro atoms. The van der Waals surface area contributed by atoms with Gasteiger partial charge in [-0.3, -0.25) is 4.79 Å². The molecule has 1 saturated heterocycles. The number of likely N-dealkylation sites (tertiary alicyclic amines) is 1. The van der Waals surface area contributed by atoms with Crippen molar-refractivity contribution in [3.05, 3.63) is 64.7 Å². The standard InChI is InChI=1S/C24H31NO2/c1-18-4-7-22(19(2)16-18)8-11-24(26)25-14-12-21(13-15-25)17-20-5-9-23(27-3)10-6-20/h4-7,9-10,16,21H,8,11-15,17H2,1-3H3. The summed E-state index contributed by atoms with van der Waals surface area (Å²) in [7, 11) is 1.70. The number of piperidine rings is 1. The van der Waals surface area contributed by atoms with Crippen LogP contribution in [0.1, 0.15) is 41.5 Å². The first-order valence-electron chi connectivity index (χ1n) is 10.0. The number of methoxy groups -OCH3 is 1. The van der Waals surface area contributed by atoms with Gasteiger partial charge in [-0.1, -0.05) is 35.9 Å². The second kappa shape index (κ2) is 9.07. The van der Waals surface area contributed by atoms with Crippen molar-refractivity contribution >= 4 is 5.91 Å². The molecule has 0 bridgehead atoms. The van der Waals surface area contributed by atoms with Crippen LogP contribution in [0.3, 0.4) is 0 Å². The predicted molar refractivity (Wildman–Crippen MR) is 110 cm³/mol. The Morgan fingerprint density at radius 2 is 1.78 bits per heavy atom. The first kappa shape index (κ1) is 19.5. The molecule has 0 unspecified atom stereocenters. The van der Waals surface area contributed by atoms with Gasteiger partial charge in [-0.15, -0.1) is 0 Å². The van der Waals surface area contributed by atoms with Gasteiger partial charge in [0.1, 0.15) is 5.75 Å². The summed E-state index contributed by atoms with van der Waals surface area (Å²) in [5, 5.41) is 0. The molecule has 1 amide bonds. The Morgan fingerprint density at radius 1 is 1.07 bits per heavy atom. The van der Waals surface area contributed by atoms with Gasteiger partial charge >= 0.3 is 0 Å². The van der Waals surface area contributed by atoms with E-state index in [0.717, 1.165) is 44.5 Å². The van der Waals surface area contributed by atoms with Gasteiger partial charge in [0, 0.05) is 19.5 Å². The van der Waals surface area contributed by atoms with Crippen molar-refractivity contribution in [2.75, 3.05) is 20.2 Å². The molecule has 3 nitrogen and oxygen atoms in total. The third-order valence-corrected chi connectivity index (χ3v) is 5.76. The summed E-state index contributed by atoms with van der Waals surface area (Å²) in [6.07, 6.45) is 4.75. The van der Waals surface area contributed by atoms with E-state index in [4.69, 9.17) is 4.74 Å². The molecule has 0 saturated carbocycles. The number of benzene rings is 2. The summed E-state index contributed by atoms with van der Waals surface area (Å²) in [6, 6.07) is 14.9. The van der Waals surface area contributed by atoms with E-state index >= 15 is 0 Å². The van der Waals surface area contributed by atoms with Crippen molar-refractivity contribution in [2.24, 2.45) is 5.92 Å². The van der Waals surface area contributed by atoms with Crippen molar-refractivity contribution in [3.63, 3.8) is 0 Å². The minimum atomic E-state index is 0.304. The molecular formula is C24H31NO2. The molecule has 1 aliphatic heterocycles. The van der Waals surface area contributed by atoms with Gasteiger partial charge in [0.15, 0.2) is 0 Å². The molecule has 1 aliphatic rings. The van der Waals surface area contributed by atoms with Crippen molar-refractivity contribution in [3.8, 4) is 5.75 Å². The molecule has 1 heterocycles. The lowest BCUT2D eigenvalue weighted by Gasteiger charge is -2.32. The fraction of sp³-hybridized carbons (Fsp3) is 0.458. The van der Waals surface area contributed by atoms with Crippen LogP contribution in [0.2, 0.25) is 0 Å². The van der Waals surface area contributed by atoms with Crippen molar-refractivity contribution in [1.29, 1.82) is 0 Å². The van der Waals surface area contributed by atoms with Crippen LogP contribution in [-0.4, -0.2) is 31.0 Å². The summed E-state index contributed by atoms with van der Waals surface area (Å²) in [5.41, 5.74) is 5.22. The van der Waals surface area contributed by atoms with Crippen molar-refractivity contribution in [1.82, 2.24) is 4.90 Å². The van der Waals surface area contributed by atoms with Crippen LogP contribution in [0.5, 0.6) is 5.75 Å². The Balaban J connectivity index is 1.44. The molecule has 2 aromatic carbocycles. The largest absolute Gasteiger partial charge is 0.497 e. The number of hydrogen-bond donors (Lipinski definition) is 0. The normalized spacial score (nSPS) is 15.0. The Morgan fingerprint density at radius 3 is 2.41 bits per heavy atom. The average Bonchev–Trinajstić information content (AvgIpc) is 2.68. The van der Waals surface area contributed by atoms with Gasteiger partial charge in [0.25, 0.3) is 0 Å². The monoisotopic (exact) mass is 365 g/mol. The van der Waals surface area contributed by atoms with E-state index in [1.807, 2.05) is 12.1 Å². The number of carbonyl (C=O) groups is 1.